The van der Waals surface area contributed by atoms with Crippen molar-refractivity contribution in [2.45, 2.75) is 25.4 Å². The molecule has 98 valence electrons. The molecule has 1 fully saturated rings. The molecule has 0 bridgehead atoms. The lowest BCUT2D eigenvalue weighted by Crippen LogP contribution is -2.42. The van der Waals surface area contributed by atoms with E-state index in [1.807, 2.05) is 0 Å². The summed E-state index contributed by atoms with van der Waals surface area (Å²) in [4.78, 5) is 24.3. The highest BCUT2D eigenvalue weighted by atomic mass is 16.4. The van der Waals surface area contributed by atoms with Gasteiger partial charge in [0.2, 0.25) is 5.91 Å². The molecule has 0 saturated carbocycles. The van der Waals surface area contributed by atoms with Gasteiger partial charge in [-0.3, -0.25) is 14.5 Å². The van der Waals surface area contributed by atoms with Crippen molar-refractivity contribution in [2.75, 3.05) is 13.1 Å². The molecule has 1 aliphatic rings. The van der Waals surface area contributed by atoms with Crippen LogP contribution in [-0.2, 0) is 16.1 Å². The van der Waals surface area contributed by atoms with Gasteiger partial charge in [0, 0.05) is 0 Å². The van der Waals surface area contributed by atoms with Crippen LogP contribution in [-0.4, -0.2) is 41.0 Å². The minimum absolute atomic E-state index is 0.123. The number of furan rings is 1. The number of likely N-dealkylation sites (tertiary alicyclic amines) is 1. The smallest absolute Gasteiger partial charge is 0.320 e. The molecule has 1 unspecified atom stereocenters. The van der Waals surface area contributed by atoms with E-state index in [0.29, 0.717) is 25.3 Å². The van der Waals surface area contributed by atoms with Crippen molar-refractivity contribution in [3.8, 4) is 0 Å². The zero-order valence-corrected chi connectivity index (χ0v) is 9.96. The lowest BCUT2D eigenvalue weighted by Gasteiger charge is -2.19. The van der Waals surface area contributed by atoms with Gasteiger partial charge in [-0.1, -0.05) is 0 Å². The first-order valence-electron chi connectivity index (χ1n) is 5.93. The second-order valence-corrected chi connectivity index (χ2v) is 4.32. The molecule has 1 atom stereocenters. The third-order valence-electron chi connectivity index (χ3n) is 3.04. The summed E-state index contributed by atoms with van der Waals surface area (Å²) in [6, 6.07) is 3.00. The molecule has 2 rings (SSSR count). The molecule has 0 aromatic carbocycles. The summed E-state index contributed by atoms with van der Waals surface area (Å²) in [7, 11) is 0. The van der Waals surface area contributed by atoms with Crippen LogP contribution in [0.3, 0.4) is 0 Å². The Bertz CT molecular complexity index is 416. The molecule has 0 radical (unpaired) electrons. The van der Waals surface area contributed by atoms with Crippen molar-refractivity contribution < 1.29 is 19.1 Å². The van der Waals surface area contributed by atoms with E-state index in [-0.39, 0.29) is 12.5 Å². The van der Waals surface area contributed by atoms with Crippen LogP contribution < -0.4 is 5.32 Å². The first-order chi connectivity index (χ1) is 8.66. The molecule has 6 nitrogen and oxygen atoms in total. The number of carbonyl (C=O) groups excluding carboxylic acids is 1. The zero-order valence-electron chi connectivity index (χ0n) is 9.96. The second kappa shape index (κ2) is 5.68. The molecule has 18 heavy (non-hydrogen) atoms. The average Bonchev–Trinajstić information content (AvgIpc) is 2.96. The molecule has 0 spiro atoms. The highest BCUT2D eigenvalue weighted by molar-refractivity contribution is 5.80. The summed E-state index contributed by atoms with van der Waals surface area (Å²) < 4.78 is 5.09. The third-order valence-corrected chi connectivity index (χ3v) is 3.04. The lowest BCUT2D eigenvalue weighted by molar-refractivity contribution is -0.142. The molecule has 1 amide bonds. The molecule has 1 aliphatic heterocycles. The van der Waals surface area contributed by atoms with Crippen molar-refractivity contribution in [3.05, 3.63) is 24.2 Å². The van der Waals surface area contributed by atoms with Gasteiger partial charge in [0.15, 0.2) is 0 Å². The molecular weight excluding hydrogens is 236 g/mol. The van der Waals surface area contributed by atoms with E-state index in [2.05, 4.69) is 5.32 Å². The van der Waals surface area contributed by atoms with Gasteiger partial charge in [0.1, 0.15) is 11.8 Å². The molecule has 1 aromatic heterocycles. The number of aliphatic carboxylic acids is 1. The van der Waals surface area contributed by atoms with Gasteiger partial charge in [-0.05, 0) is 31.5 Å². The summed E-state index contributed by atoms with van der Waals surface area (Å²) in [5.41, 5.74) is 0. The number of carboxylic acid groups (broad SMARTS) is 1. The Labute approximate surface area is 105 Å². The highest BCUT2D eigenvalue weighted by Crippen LogP contribution is 2.16. The quantitative estimate of drug-likeness (QED) is 0.794. The summed E-state index contributed by atoms with van der Waals surface area (Å²) in [6.45, 7) is 1.11. The molecular formula is C12H16N2O4. The number of amides is 1. The fraction of sp³-hybridized carbons (Fsp3) is 0.500. The van der Waals surface area contributed by atoms with Crippen molar-refractivity contribution in [1.82, 2.24) is 10.2 Å². The third kappa shape index (κ3) is 3.10. The van der Waals surface area contributed by atoms with E-state index < -0.39 is 12.0 Å². The Kier molecular flexibility index (Phi) is 3.99. The Morgan fingerprint density at radius 1 is 1.56 bits per heavy atom. The minimum atomic E-state index is -0.855. The molecule has 2 heterocycles. The fourth-order valence-electron chi connectivity index (χ4n) is 2.13. The number of nitrogens with zero attached hydrogens (tertiary/aromatic N) is 1. The number of carboxylic acids is 1. The number of rotatable bonds is 5. The summed E-state index contributed by atoms with van der Waals surface area (Å²) in [5, 5.41) is 11.7. The van der Waals surface area contributed by atoms with Crippen molar-refractivity contribution in [3.63, 3.8) is 0 Å². The van der Waals surface area contributed by atoms with Crippen LogP contribution in [0, 0.1) is 0 Å². The first-order valence-corrected chi connectivity index (χ1v) is 5.93. The van der Waals surface area contributed by atoms with Crippen LogP contribution in [0.4, 0.5) is 0 Å². The van der Waals surface area contributed by atoms with Gasteiger partial charge in [0.05, 0.1) is 19.4 Å². The fourth-order valence-corrected chi connectivity index (χ4v) is 2.13. The first kappa shape index (κ1) is 12.6. The van der Waals surface area contributed by atoms with Crippen LogP contribution in [0.25, 0.3) is 0 Å². The van der Waals surface area contributed by atoms with Crippen LogP contribution in [0.1, 0.15) is 18.6 Å². The molecule has 2 N–H and O–H groups in total. The van der Waals surface area contributed by atoms with Gasteiger partial charge in [-0.25, -0.2) is 0 Å². The monoisotopic (exact) mass is 252 g/mol. The number of hydrogen-bond acceptors (Lipinski definition) is 4. The van der Waals surface area contributed by atoms with Crippen molar-refractivity contribution in [1.29, 1.82) is 0 Å². The number of nitrogens with one attached hydrogen (secondary N) is 1. The van der Waals surface area contributed by atoms with E-state index >= 15 is 0 Å². The molecule has 1 aromatic rings. The maximum absolute atomic E-state index is 11.7. The van der Waals surface area contributed by atoms with Gasteiger partial charge >= 0.3 is 5.97 Å². The van der Waals surface area contributed by atoms with Crippen LogP contribution in [0.2, 0.25) is 0 Å². The van der Waals surface area contributed by atoms with Crippen molar-refractivity contribution in [2.24, 2.45) is 0 Å². The lowest BCUT2D eigenvalue weighted by atomic mass is 10.2. The Morgan fingerprint density at radius 3 is 3.06 bits per heavy atom. The van der Waals surface area contributed by atoms with E-state index in [1.165, 1.54) is 0 Å². The maximum Gasteiger partial charge on any atom is 0.320 e. The Morgan fingerprint density at radius 2 is 2.39 bits per heavy atom. The minimum Gasteiger partial charge on any atom is -0.480 e. The number of carbonyl (C=O) groups is 2. The SMILES string of the molecule is O=C(CN1CCCC1C(=O)O)NCc1ccco1. The summed E-state index contributed by atoms with van der Waals surface area (Å²) in [5.74, 6) is -0.356. The van der Waals surface area contributed by atoms with Gasteiger partial charge < -0.3 is 14.8 Å². The van der Waals surface area contributed by atoms with Gasteiger partial charge in [-0.15, -0.1) is 0 Å². The zero-order chi connectivity index (χ0) is 13.0. The number of hydrogen-bond donors (Lipinski definition) is 2. The molecule has 1 saturated heterocycles. The Hall–Kier alpha value is -1.82. The highest BCUT2D eigenvalue weighted by Gasteiger charge is 2.31. The van der Waals surface area contributed by atoms with Crippen LogP contribution in [0.5, 0.6) is 0 Å². The van der Waals surface area contributed by atoms with E-state index in [4.69, 9.17) is 9.52 Å². The standard InChI is InChI=1S/C12H16N2O4/c15-11(13-7-9-3-2-6-18-9)8-14-5-1-4-10(14)12(16)17/h2-3,6,10H,1,4-5,7-8H2,(H,13,15)(H,16,17). The second-order valence-electron chi connectivity index (χ2n) is 4.32. The predicted octanol–water partition coefficient (Wildman–Crippen LogP) is 0.445. The maximum atomic E-state index is 11.7. The topological polar surface area (TPSA) is 82.8 Å². The Balaban J connectivity index is 1.78. The van der Waals surface area contributed by atoms with E-state index in [0.717, 1.165) is 6.42 Å². The van der Waals surface area contributed by atoms with Gasteiger partial charge in [0.25, 0.3) is 0 Å². The van der Waals surface area contributed by atoms with Crippen molar-refractivity contribution >= 4 is 11.9 Å². The van der Waals surface area contributed by atoms with E-state index in [9.17, 15) is 9.59 Å². The van der Waals surface area contributed by atoms with Gasteiger partial charge in [-0.2, -0.15) is 0 Å². The van der Waals surface area contributed by atoms with E-state index in [1.54, 1.807) is 23.3 Å². The molecule has 0 aliphatic carbocycles. The average molecular weight is 252 g/mol. The normalized spacial score (nSPS) is 19.9. The molecule has 6 heteroatoms. The summed E-state index contributed by atoms with van der Waals surface area (Å²) in [6.07, 6.45) is 2.98. The predicted molar refractivity (Wildman–Crippen MR) is 62.8 cm³/mol. The van der Waals surface area contributed by atoms with Crippen LogP contribution >= 0.6 is 0 Å². The van der Waals surface area contributed by atoms with Crippen LogP contribution in [0.15, 0.2) is 22.8 Å². The summed E-state index contributed by atoms with van der Waals surface area (Å²) >= 11 is 0. The largest absolute Gasteiger partial charge is 0.480 e.